The normalized spacial score (nSPS) is 19.4. The number of nitrogens with zero attached hydrogens (tertiary/aromatic N) is 1. The van der Waals surface area contributed by atoms with Crippen LogP contribution in [-0.4, -0.2) is 63.7 Å². The van der Waals surface area contributed by atoms with Crippen molar-refractivity contribution in [3.63, 3.8) is 0 Å². The lowest BCUT2D eigenvalue weighted by atomic mass is 10.2. The highest BCUT2D eigenvalue weighted by Gasteiger charge is 2.12. The van der Waals surface area contributed by atoms with E-state index >= 15 is 0 Å². The maximum atomic E-state index is 5.67. The predicted molar refractivity (Wildman–Crippen MR) is 68.4 cm³/mol. The van der Waals surface area contributed by atoms with Crippen molar-refractivity contribution in [1.29, 1.82) is 0 Å². The summed E-state index contributed by atoms with van der Waals surface area (Å²) in [5.41, 5.74) is 0. The fraction of sp³-hybridized carbons (Fsp3) is 1.00. The quantitative estimate of drug-likeness (QED) is 0.616. The summed E-state index contributed by atoms with van der Waals surface area (Å²) in [6, 6.07) is 0. The lowest BCUT2D eigenvalue weighted by Crippen LogP contribution is -2.37. The van der Waals surface area contributed by atoms with Crippen molar-refractivity contribution < 1.29 is 14.2 Å². The zero-order valence-corrected chi connectivity index (χ0v) is 11.3. The molecule has 4 heteroatoms. The van der Waals surface area contributed by atoms with Gasteiger partial charge in [-0.25, -0.2) is 0 Å². The van der Waals surface area contributed by atoms with E-state index < -0.39 is 0 Å². The van der Waals surface area contributed by atoms with Crippen molar-refractivity contribution in [3.8, 4) is 0 Å². The fourth-order valence-electron chi connectivity index (χ4n) is 2.07. The molecule has 1 rings (SSSR count). The molecule has 0 bridgehead atoms. The second kappa shape index (κ2) is 9.83. The predicted octanol–water partition coefficient (Wildman–Crippen LogP) is 1.54. The van der Waals surface area contributed by atoms with Gasteiger partial charge in [0.25, 0.3) is 0 Å². The van der Waals surface area contributed by atoms with Crippen molar-refractivity contribution in [2.75, 3.05) is 52.7 Å². The van der Waals surface area contributed by atoms with Gasteiger partial charge in [0.05, 0.1) is 25.9 Å². The van der Waals surface area contributed by atoms with Gasteiger partial charge in [-0.2, -0.15) is 0 Å². The van der Waals surface area contributed by atoms with Gasteiger partial charge in [0.2, 0.25) is 0 Å². The van der Waals surface area contributed by atoms with Gasteiger partial charge in [-0.1, -0.05) is 0 Å². The maximum Gasteiger partial charge on any atom is 0.0808 e. The van der Waals surface area contributed by atoms with E-state index in [2.05, 4.69) is 4.90 Å². The molecule has 0 spiro atoms. The average molecular weight is 245 g/mol. The first-order chi connectivity index (χ1) is 8.36. The first-order valence-electron chi connectivity index (χ1n) is 6.86. The molecule has 102 valence electrons. The van der Waals surface area contributed by atoms with E-state index in [0.29, 0.717) is 0 Å². The Balaban J connectivity index is 2.07. The molecular formula is C13H27NO3. The van der Waals surface area contributed by atoms with Crippen LogP contribution in [0.4, 0.5) is 0 Å². The number of morpholine rings is 1. The first kappa shape index (κ1) is 14.9. The summed E-state index contributed by atoms with van der Waals surface area (Å²) >= 11 is 0. The summed E-state index contributed by atoms with van der Waals surface area (Å²) < 4.78 is 16.4. The van der Waals surface area contributed by atoms with Gasteiger partial charge in [-0.05, 0) is 33.2 Å². The lowest BCUT2D eigenvalue weighted by Gasteiger charge is -2.27. The van der Waals surface area contributed by atoms with Crippen LogP contribution in [0, 0.1) is 0 Å². The van der Waals surface area contributed by atoms with Crippen LogP contribution in [0.1, 0.15) is 26.7 Å². The van der Waals surface area contributed by atoms with Crippen LogP contribution < -0.4 is 0 Å². The number of rotatable bonds is 9. The molecule has 1 fully saturated rings. The Kier molecular flexibility index (Phi) is 8.61. The molecule has 0 saturated carbocycles. The smallest absolute Gasteiger partial charge is 0.0808 e. The van der Waals surface area contributed by atoms with Gasteiger partial charge in [0.15, 0.2) is 0 Å². The van der Waals surface area contributed by atoms with Crippen LogP contribution >= 0.6 is 0 Å². The van der Waals surface area contributed by atoms with Gasteiger partial charge in [-0.15, -0.1) is 0 Å². The van der Waals surface area contributed by atoms with E-state index in [0.717, 1.165) is 59.1 Å². The highest BCUT2D eigenvalue weighted by atomic mass is 16.5. The summed E-state index contributed by atoms with van der Waals surface area (Å²) in [6.45, 7) is 11.4. The average Bonchev–Trinajstić information content (AvgIpc) is 2.37. The van der Waals surface area contributed by atoms with Crippen molar-refractivity contribution >= 4 is 0 Å². The molecule has 0 aromatic carbocycles. The highest BCUT2D eigenvalue weighted by molar-refractivity contribution is 4.64. The maximum absolute atomic E-state index is 5.67. The molecule has 1 aliphatic rings. The van der Waals surface area contributed by atoms with Crippen LogP contribution in [0.2, 0.25) is 0 Å². The van der Waals surface area contributed by atoms with Gasteiger partial charge >= 0.3 is 0 Å². The zero-order chi connectivity index (χ0) is 12.3. The van der Waals surface area contributed by atoms with Gasteiger partial charge < -0.3 is 14.2 Å². The Labute approximate surface area is 105 Å². The third-order valence-electron chi connectivity index (χ3n) is 3.01. The Hall–Kier alpha value is -0.160. The van der Waals surface area contributed by atoms with Crippen molar-refractivity contribution in [1.82, 2.24) is 4.90 Å². The molecule has 0 aromatic heterocycles. The van der Waals surface area contributed by atoms with E-state index in [1.165, 1.54) is 6.42 Å². The highest BCUT2D eigenvalue weighted by Crippen LogP contribution is 2.06. The number of ether oxygens (including phenoxy) is 3. The Morgan fingerprint density at radius 1 is 1.18 bits per heavy atom. The molecular weight excluding hydrogens is 218 g/mol. The van der Waals surface area contributed by atoms with Crippen LogP contribution in [0.15, 0.2) is 0 Å². The van der Waals surface area contributed by atoms with E-state index in [1.807, 2.05) is 13.8 Å². The van der Waals surface area contributed by atoms with Crippen molar-refractivity contribution in [2.24, 2.45) is 0 Å². The van der Waals surface area contributed by atoms with Gasteiger partial charge in [0.1, 0.15) is 0 Å². The molecule has 4 nitrogen and oxygen atoms in total. The fourth-order valence-corrected chi connectivity index (χ4v) is 2.07. The van der Waals surface area contributed by atoms with Crippen LogP contribution in [-0.2, 0) is 14.2 Å². The van der Waals surface area contributed by atoms with E-state index in [9.17, 15) is 0 Å². The largest absolute Gasteiger partial charge is 0.379 e. The summed E-state index contributed by atoms with van der Waals surface area (Å²) in [5.74, 6) is 0. The topological polar surface area (TPSA) is 30.9 Å². The first-order valence-corrected chi connectivity index (χ1v) is 6.86. The standard InChI is InChI=1S/C13H27NO3/c1-3-15-12-13(17-4-2)6-5-7-14-8-10-16-11-9-14/h13H,3-12H2,1-2H3. The number of hydrogen-bond donors (Lipinski definition) is 0. The third kappa shape index (κ3) is 6.99. The molecule has 1 atom stereocenters. The molecule has 1 unspecified atom stereocenters. The summed E-state index contributed by atoms with van der Waals surface area (Å²) in [6.07, 6.45) is 2.53. The molecule has 0 radical (unpaired) electrons. The second-order valence-electron chi connectivity index (χ2n) is 4.33. The Morgan fingerprint density at radius 2 is 1.94 bits per heavy atom. The Bertz CT molecular complexity index is 172. The minimum atomic E-state index is 0.265. The molecule has 0 aliphatic carbocycles. The molecule has 1 aliphatic heterocycles. The van der Waals surface area contributed by atoms with Crippen LogP contribution in [0.25, 0.3) is 0 Å². The third-order valence-corrected chi connectivity index (χ3v) is 3.01. The van der Waals surface area contributed by atoms with Crippen LogP contribution in [0.3, 0.4) is 0 Å². The summed E-state index contributed by atoms with van der Waals surface area (Å²) in [7, 11) is 0. The summed E-state index contributed by atoms with van der Waals surface area (Å²) in [5, 5.41) is 0. The van der Waals surface area contributed by atoms with Crippen molar-refractivity contribution in [3.05, 3.63) is 0 Å². The summed E-state index contributed by atoms with van der Waals surface area (Å²) in [4.78, 5) is 2.47. The van der Waals surface area contributed by atoms with Gasteiger partial charge in [-0.3, -0.25) is 4.90 Å². The minimum Gasteiger partial charge on any atom is -0.379 e. The molecule has 0 amide bonds. The SMILES string of the molecule is CCOCC(CCCN1CCOCC1)OCC. The lowest BCUT2D eigenvalue weighted by molar-refractivity contribution is -0.0164. The molecule has 0 aromatic rings. The monoisotopic (exact) mass is 245 g/mol. The molecule has 0 N–H and O–H groups in total. The zero-order valence-electron chi connectivity index (χ0n) is 11.3. The van der Waals surface area contributed by atoms with Gasteiger partial charge in [0, 0.05) is 26.3 Å². The molecule has 1 heterocycles. The second-order valence-corrected chi connectivity index (χ2v) is 4.33. The van der Waals surface area contributed by atoms with Crippen LogP contribution in [0.5, 0.6) is 0 Å². The van der Waals surface area contributed by atoms with E-state index in [1.54, 1.807) is 0 Å². The van der Waals surface area contributed by atoms with E-state index in [4.69, 9.17) is 14.2 Å². The number of hydrogen-bond acceptors (Lipinski definition) is 4. The molecule has 1 saturated heterocycles. The molecule has 17 heavy (non-hydrogen) atoms. The minimum absolute atomic E-state index is 0.265. The van der Waals surface area contributed by atoms with E-state index in [-0.39, 0.29) is 6.10 Å². The van der Waals surface area contributed by atoms with Crippen molar-refractivity contribution in [2.45, 2.75) is 32.8 Å². The Morgan fingerprint density at radius 3 is 2.59 bits per heavy atom.